The van der Waals surface area contributed by atoms with Gasteiger partial charge in [0, 0.05) is 33.3 Å². The summed E-state index contributed by atoms with van der Waals surface area (Å²) in [5.74, 6) is -0.503. The number of hydrogen-bond donors (Lipinski definition) is 1. The first-order valence-electron chi connectivity index (χ1n) is 7.76. The highest BCUT2D eigenvalue weighted by Gasteiger charge is 2.19. The fourth-order valence-electron chi connectivity index (χ4n) is 2.25. The molecule has 2 rings (SSSR count). The highest BCUT2D eigenvalue weighted by molar-refractivity contribution is 5.94. The third-order valence-corrected chi connectivity index (χ3v) is 3.74. The SMILES string of the molecule is CNC(=O)c1ccc(CN(C)C(=O)CN(C)C(=O)c2ccco2)cc1. The molecule has 0 aliphatic heterocycles. The topological polar surface area (TPSA) is 82.9 Å². The molecule has 0 aliphatic rings. The van der Waals surface area contributed by atoms with Gasteiger partial charge in [-0.2, -0.15) is 0 Å². The maximum Gasteiger partial charge on any atom is 0.289 e. The Morgan fingerprint density at radius 1 is 1.04 bits per heavy atom. The van der Waals surface area contributed by atoms with E-state index in [-0.39, 0.29) is 30.0 Å². The molecular weight excluding hydrogens is 322 g/mol. The molecule has 7 heteroatoms. The van der Waals surface area contributed by atoms with E-state index in [0.717, 1.165) is 5.56 Å². The number of nitrogens with zero attached hydrogens (tertiary/aromatic N) is 2. The minimum Gasteiger partial charge on any atom is -0.459 e. The quantitative estimate of drug-likeness (QED) is 0.859. The van der Waals surface area contributed by atoms with Gasteiger partial charge in [-0.15, -0.1) is 0 Å². The van der Waals surface area contributed by atoms with E-state index in [9.17, 15) is 14.4 Å². The smallest absolute Gasteiger partial charge is 0.289 e. The number of amides is 3. The van der Waals surface area contributed by atoms with Gasteiger partial charge in [-0.25, -0.2) is 0 Å². The lowest BCUT2D eigenvalue weighted by molar-refractivity contribution is -0.130. The average Bonchev–Trinajstić information content (AvgIpc) is 3.15. The fraction of sp³-hybridized carbons (Fsp3) is 0.278. The molecule has 0 saturated heterocycles. The predicted octanol–water partition coefficient (Wildman–Crippen LogP) is 1.37. The van der Waals surface area contributed by atoms with Crippen molar-refractivity contribution in [3.63, 3.8) is 0 Å². The molecule has 0 spiro atoms. The molecule has 1 aromatic heterocycles. The summed E-state index contributed by atoms with van der Waals surface area (Å²) in [4.78, 5) is 38.7. The van der Waals surface area contributed by atoms with E-state index >= 15 is 0 Å². The van der Waals surface area contributed by atoms with Crippen molar-refractivity contribution in [3.05, 3.63) is 59.5 Å². The van der Waals surface area contributed by atoms with Crippen molar-refractivity contribution >= 4 is 17.7 Å². The monoisotopic (exact) mass is 343 g/mol. The van der Waals surface area contributed by atoms with Crippen molar-refractivity contribution in [2.45, 2.75) is 6.54 Å². The minimum absolute atomic E-state index is 0.0492. The highest BCUT2D eigenvalue weighted by Crippen LogP contribution is 2.08. The molecule has 0 aliphatic carbocycles. The van der Waals surface area contributed by atoms with E-state index in [2.05, 4.69) is 5.32 Å². The first-order chi connectivity index (χ1) is 11.9. The van der Waals surface area contributed by atoms with Gasteiger partial charge in [0.15, 0.2) is 5.76 Å². The number of furan rings is 1. The minimum atomic E-state index is -0.346. The van der Waals surface area contributed by atoms with E-state index in [1.54, 1.807) is 57.5 Å². The lowest BCUT2D eigenvalue weighted by atomic mass is 10.1. The second-order valence-electron chi connectivity index (χ2n) is 5.66. The van der Waals surface area contributed by atoms with E-state index in [4.69, 9.17) is 4.42 Å². The second-order valence-corrected chi connectivity index (χ2v) is 5.66. The molecule has 0 unspecified atom stereocenters. The standard InChI is InChI=1S/C18H21N3O4/c1-19-17(23)14-8-6-13(7-9-14)11-20(2)16(22)12-21(3)18(24)15-5-4-10-25-15/h4-10H,11-12H2,1-3H3,(H,19,23). The Bertz CT molecular complexity index is 738. The van der Waals surface area contributed by atoms with Gasteiger partial charge in [-0.1, -0.05) is 12.1 Å². The van der Waals surface area contributed by atoms with Gasteiger partial charge in [0.1, 0.15) is 0 Å². The molecule has 2 aromatic rings. The van der Waals surface area contributed by atoms with Crippen molar-refractivity contribution in [1.29, 1.82) is 0 Å². The summed E-state index contributed by atoms with van der Waals surface area (Å²) in [6.07, 6.45) is 1.41. The van der Waals surface area contributed by atoms with Crippen LogP contribution in [0.15, 0.2) is 47.1 Å². The molecule has 25 heavy (non-hydrogen) atoms. The summed E-state index contributed by atoms with van der Waals surface area (Å²) in [7, 11) is 4.79. The maximum absolute atomic E-state index is 12.3. The van der Waals surface area contributed by atoms with Crippen LogP contribution >= 0.6 is 0 Å². The second kappa shape index (κ2) is 8.14. The van der Waals surface area contributed by atoms with Gasteiger partial charge in [0.2, 0.25) is 5.91 Å². The van der Waals surface area contributed by atoms with Crippen LogP contribution < -0.4 is 5.32 Å². The number of rotatable bonds is 6. The summed E-state index contributed by atoms with van der Waals surface area (Å²) >= 11 is 0. The first-order valence-corrected chi connectivity index (χ1v) is 7.76. The van der Waals surface area contributed by atoms with Crippen LogP contribution in [0.3, 0.4) is 0 Å². The molecular formula is C18H21N3O4. The van der Waals surface area contributed by atoms with E-state index in [1.807, 2.05) is 0 Å². The summed E-state index contributed by atoms with van der Waals surface area (Å²) in [5, 5.41) is 2.55. The van der Waals surface area contributed by atoms with Crippen LogP contribution in [-0.2, 0) is 11.3 Å². The summed E-state index contributed by atoms with van der Waals surface area (Å²) < 4.78 is 5.05. The Morgan fingerprint density at radius 2 is 1.72 bits per heavy atom. The van der Waals surface area contributed by atoms with E-state index in [0.29, 0.717) is 12.1 Å². The summed E-state index contributed by atoms with van der Waals surface area (Å²) in [6, 6.07) is 10.2. The molecule has 1 N–H and O–H groups in total. The van der Waals surface area contributed by atoms with Crippen LogP contribution in [0.4, 0.5) is 0 Å². The van der Waals surface area contributed by atoms with E-state index in [1.165, 1.54) is 16.1 Å². The molecule has 7 nitrogen and oxygen atoms in total. The molecule has 0 saturated carbocycles. The zero-order chi connectivity index (χ0) is 18.4. The van der Waals surface area contributed by atoms with Crippen molar-refractivity contribution in [2.75, 3.05) is 27.7 Å². The van der Waals surface area contributed by atoms with Gasteiger partial charge in [-0.05, 0) is 29.8 Å². The van der Waals surface area contributed by atoms with Crippen LogP contribution in [0.5, 0.6) is 0 Å². The normalized spacial score (nSPS) is 10.2. The lowest BCUT2D eigenvalue weighted by Gasteiger charge is -2.21. The number of carbonyl (C=O) groups is 3. The molecule has 3 amide bonds. The number of carbonyl (C=O) groups excluding carboxylic acids is 3. The fourth-order valence-corrected chi connectivity index (χ4v) is 2.25. The zero-order valence-electron chi connectivity index (χ0n) is 14.5. The summed E-state index contributed by atoms with van der Waals surface area (Å²) in [5.41, 5.74) is 1.45. The molecule has 132 valence electrons. The molecule has 1 aromatic carbocycles. The first kappa shape index (κ1) is 18.3. The highest BCUT2D eigenvalue weighted by atomic mass is 16.3. The van der Waals surface area contributed by atoms with Crippen LogP contribution in [0, 0.1) is 0 Å². The van der Waals surface area contributed by atoms with Gasteiger partial charge in [-0.3, -0.25) is 14.4 Å². The number of benzene rings is 1. The molecule has 0 atom stereocenters. The van der Waals surface area contributed by atoms with Crippen LogP contribution in [0.1, 0.15) is 26.5 Å². The Kier molecular flexibility index (Phi) is 5.94. The Labute approximate surface area is 146 Å². The van der Waals surface area contributed by atoms with Gasteiger partial charge in [0.25, 0.3) is 11.8 Å². The number of likely N-dealkylation sites (N-methyl/N-ethyl adjacent to an activating group) is 2. The van der Waals surface area contributed by atoms with Crippen LogP contribution in [0.2, 0.25) is 0 Å². The van der Waals surface area contributed by atoms with Gasteiger partial charge in [0.05, 0.1) is 12.8 Å². The van der Waals surface area contributed by atoms with Crippen molar-refractivity contribution < 1.29 is 18.8 Å². The van der Waals surface area contributed by atoms with Crippen LogP contribution in [-0.4, -0.2) is 55.2 Å². The van der Waals surface area contributed by atoms with Gasteiger partial charge >= 0.3 is 0 Å². The largest absolute Gasteiger partial charge is 0.459 e. The Balaban J connectivity index is 1.91. The van der Waals surface area contributed by atoms with Crippen molar-refractivity contribution in [3.8, 4) is 0 Å². The molecule has 0 radical (unpaired) electrons. The third kappa shape index (κ3) is 4.69. The summed E-state index contributed by atoms with van der Waals surface area (Å²) in [6.45, 7) is 0.335. The lowest BCUT2D eigenvalue weighted by Crippen LogP contribution is -2.39. The van der Waals surface area contributed by atoms with Gasteiger partial charge < -0.3 is 19.5 Å². The van der Waals surface area contributed by atoms with Crippen LogP contribution in [0.25, 0.3) is 0 Å². The molecule has 0 bridgehead atoms. The molecule has 1 heterocycles. The van der Waals surface area contributed by atoms with Crippen molar-refractivity contribution in [1.82, 2.24) is 15.1 Å². The molecule has 0 fully saturated rings. The number of hydrogen-bond acceptors (Lipinski definition) is 4. The van der Waals surface area contributed by atoms with Crippen molar-refractivity contribution in [2.24, 2.45) is 0 Å². The third-order valence-electron chi connectivity index (χ3n) is 3.74. The maximum atomic E-state index is 12.3. The average molecular weight is 343 g/mol. The number of nitrogens with one attached hydrogen (secondary N) is 1. The Hall–Kier alpha value is -3.09. The Morgan fingerprint density at radius 3 is 2.28 bits per heavy atom. The van der Waals surface area contributed by atoms with E-state index < -0.39 is 0 Å². The predicted molar refractivity (Wildman–Crippen MR) is 92.0 cm³/mol. The zero-order valence-corrected chi connectivity index (χ0v) is 14.5.